The van der Waals surface area contributed by atoms with Crippen molar-refractivity contribution in [1.82, 2.24) is 19.7 Å². The Labute approximate surface area is 184 Å². The van der Waals surface area contributed by atoms with Crippen LogP contribution in [0.5, 0.6) is 0 Å². The Morgan fingerprint density at radius 1 is 1.44 bits per heavy atom. The SMILES string of the molecule is CCC(C)(O)C(=O)N1CCC(CC#N)(n2cc(C(N)=O)c(Nc3ccnc(F)c3)n2)CC1. The summed E-state index contributed by atoms with van der Waals surface area (Å²) in [5, 5.41) is 27.1. The summed E-state index contributed by atoms with van der Waals surface area (Å²) in [5.41, 5.74) is 3.73. The standard InChI is InChI=1S/C21H26FN7O3/c1-3-20(2,32)19(31)28-10-6-21(5-8-23,7-11-28)29-13-15(17(24)30)18(27-29)26-14-4-9-25-16(22)12-14/h4,9,12-13,32H,3,5-7,10-11H2,1-2H3,(H2,24,30)(H,25,26,27). The number of carbonyl (C=O) groups is 2. The molecule has 1 unspecified atom stereocenters. The first kappa shape index (κ1) is 23.1. The third kappa shape index (κ3) is 4.55. The molecule has 1 aliphatic heterocycles. The van der Waals surface area contributed by atoms with Gasteiger partial charge in [-0.1, -0.05) is 6.92 Å². The Balaban J connectivity index is 1.89. The van der Waals surface area contributed by atoms with Gasteiger partial charge in [0.2, 0.25) is 5.95 Å². The van der Waals surface area contributed by atoms with E-state index in [1.807, 2.05) is 0 Å². The highest BCUT2D eigenvalue weighted by atomic mass is 19.1. The van der Waals surface area contributed by atoms with Gasteiger partial charge in [0.25, 0.3) is 11.8 Å². The second kappa shape index (κ2) is 8.92. The fourth-order valence-corrected chi connectivity index (χ4v) is 3.76. The highest BCUT2D eigenvalue weighted by molar-refractivity contribution is 5.98. The van der Waals surface area contributed by atoms with Crippen molar-refractivity contribution in [3.05, 3.63) is 36.0 Å². The number of pyridine rings is 1. The van der Waals surface area contributed by atoms with Gasteiger partial charge in [0.1, 0.15) is 11.2 Å². The number of carbonyl (C=O) groups excluding carboxylic acids is 2. The Morgan fingerprint density at radius 2 is 2.12 bits per heavy atom. The van der Waals surface area contributed by atoms with Gasteiger partial charge in [-0.25, -0.2) is 4.98 Å². The lowest BCUT2D eigenvalue weighted by Crippen LogP contribution is -2.53. The molecule has 0 radical (unpaired) electrons. The fraction of sp³-hybridized carbons (Fsp3) is 0.476. The summed E-state index contributed by atoms with van der Waals surface area (Å²) in [4.78, 5) is 29.7. The average Bonchev–Trinajstić information content (AvgIpc) is 3.18. The van der Waals surface area contributed by atoms with Gasteiger partial charge in [0.15, 0.2) is 5.82 Å². The van der Waals surface area contributed by atoms with Crippen molar-refractivity contribution < 1.29 is 19.1 Å². The molecule has 0 saturated carbocycles. The number of likely N-dealkylation sites (tertiary alicyclic amines) is 1. The molecule has 11 heteroatoms. The lowest BCUT2D eigenvalue weighted by atomic mass is 9.84. The third-order valence-electron chi connectivity index (χ3n) is 5.99. The Hall–Kier alpha value is -3.52. The van der Waals surface area contributed by atoms with Crippen LogP contribution in [0.15, 0.2) is 24.5 Å². The van der Waals surface area contributed by atoms with Crippen LogP contribution >= 0.6 is 0 Å². The Kier molecular flexibility index (Phi) is 6.45. The number of nitrogens with one attached hydrogen (secondary N) is 1. The van der Waals surface area contributed by atoms with E-state index in [1.54, 1.807) is 11.8 Å². The smallest absolute Gasteiger partial charge is 0.254 e. The van der Waals surface area contributed by atoms with Gasteiger partial charge in [-0.3, -0.25) is 14.3 Å². The van der Waals surface area contributed by atoms with Gasteiger partial charge in [-0.2, -0.15) is 14.8 Å². The molecule has 0 spiro atoms. The number of primary amides is 1. The molecule has 3 heterocycles. The number of amides is 2. The summed E-state index contributed by atoms with van der Waals surface area (Å²) >= 11 is 0. The molecule has 1 fully saturated rings. The van der Waals surface area contributed by atoms with Crippen LogP contribution < -0.4 is 11.1 Å². The van der Waals surface area contributed by atoms with Gasteiger partial charge in [0, 0.05) is 37.2 Å². The van der Waals surface area contributed by atoms with E-state index in [2.05, 4.69) is 21.5 Å². The molecule has 32 heavy (non-hydrogen) atoms. The average molecular weight is 443 g/mol. The lowest BCUT2D eigenvalue weighted by molar-refractivity contribution is -0.152. The van der Waals surface area contributed by atoms with Gasteiger partial charge >= 0.3 is 0 Å². The van der Waals surface area contributed by atoms with E-state index in [4.69, 9.17) is 5.73 Å². The third-order valence-corrected chi connectivity index (χ3v) is 5.99. The summed E-state index contributed by atoms with van der Waals surface area (Å²) in [5.74, 6) is -1.65. The van der Waals surface area contributed by atoms with Gasteiger partial charge in [-0.15, -0.1) is 0 Å². The van der Waals surface area contributed by atoms with Crippen molar-refractivity contribution in [2.24, 2.45) is 5.73 Å². The maximum Gasteiger partial charge on any atom is 0.254 e. The Morgan fingerprint density at radius 3 is 2.69 bits per heavy atom. The summed E-state index contributed by atoms with van der Waals surface area (Å²) in [6.45, 7) is 3.86. The van der Waals surface area contributed by atoms with E-state index in [0.717, 1.165) is 6.07 Å². The minimum absolute atomic E-state index is 0.0898. The van der Waals surface area contributed by atoms with Crippen molar-refractivity contribution in [2.45, 2.75) is 50.7 Å². The van der Waals surface area contributed by atoms with Crippen molar-refractivity contribution >= 4 is 23.3 Å². The number of rotatable bonds is 7. The van der Waals surface area contributed by atoms with E-state index in [1.165, 1.54) is 30.1 Å². The predicted molar refractivity (Wildman–Crippen MR) is 113 cm³/mol. The summed E-state index contributed by atoms with van der Waals surface area (Å²) < 4.78 is 15.0. The number of hydrogen-bond acceptors (Lipinski definition) is 7. The van der Waals surface area contributed by atoms with Crippen LogP contribution in [0.25, 0.3) is 0 Å². The quantitative estimate of drug-likeness (QED) is 0.551. The largest absolute Gasteiger partial charge is 0.380 e. The topological polar surface area (TPSA) is 150 Å². The van der Waals surface area contributed by atoms with Gasteiger partial charge < -0.3 is 21.1 Å². The van der Waals surface area contributed by atoms with Crippen LogP contribution in [0.4, 0.5) is 15.9 Å². The first-order chi connectivity index (χ1) is 15.1. The second-order valence-electron chi connectivity index (χ2n) is 8.17. The number of aliphatic hydroxyl groups is 1. The number of aromatic nitrogens is 3. The molecule has 0 aliphatic carbocycles. The van der Waals surface area contributed by atoms with E-state index < -0.39 is 23.0 Å². The van der Waals surface area contributed by atoms with Crippen LogP contribution in [-0.2, 0) is 10.3 Å². The molecule has 1 aliphatic rings. The molecular weight excluding hydrogens is 417 g/mol. The lowest BCUT2D eigenvalue weighted by Gasteiger charge is -2.42. The van der Waals surface area contributed by atoms with E-state index in [-0.39, 0.29) is 30.1 Å². The number of halogens is 1. The summed E-state index contributed by atoms with van der Waals surface area (Å²) in [6.07, 6.45) is 3.93. The van der Waals surface area contributed by atoms with Gasteiger partial charge in [0.05, 0.1) is 18.0 Å². The molecule has 2 aromatic rings. The fourth-order valence-electron chi connectivity index (χ4n) is 3.76. The van der Waals surface area contributed by atoms with Crippen LogP contribution in [-0.4, -0.2) is 55.3 Å². The normalized spacial score (nSPS) is 17.3. The van der Waals surface area contributed by atoms with Crippen molar-refractivity contribution in [1.29, 1.82) is 5.26 Å². The first-order valence-electron chi connectivity index (χ1n) is 10.3. The molecule has 2 amide bonds. The van der Waals surface area contributed by atoms with E-state index in [0.29, 0.717) is 31.6 Å². The molecule has 10 nitrogen and oxygen atoms in total. The molecule has 1 atom stereocenters. The number of nitrogens with zero attached hydrogens (tertiary/aromatic N) is 5. The monoisotopic (exact) mass is 443 g/mol. The molecule has 2 aromatic heterocycles. The van der Waals surface area contributed by atoms with Crippen molar-refractivity contribution in [3.8, 4) is 6.07 Å². The van der Waals surface area contributed by atoms with Crippen molar-refractivity contribution in [2.75, 3.05) is 18.4 Å². The number of piperidine rings is 1. The zero-order valence-electron chi connectivity index (χ0n) is 18.0. The molecule has 0 aromatic carbocycles. The zero-order valence-corrected chi connectivity index (χ0v) is 18.0. The molecular formula is C21H26FN7O3. The van der Waals surface area contributed by atoms with Gasteiger partial charge in [-0.05, 0) is 32.3 Å². The van der Waals surface area contributed by atoms with Crippen LogP contribution in [0.2, 0.25) is 0 Å². The zero-order chi connectivity index (χ0) is 23.5. The summed E-state index contributed by atoms with van der Waals surface area (Å²) in [6, 6.07) is 4.84. The predicted octanol–water partition coefficient (Wildman–Crippen LogP) is 1.65. The minimum atomic E-state index is -1.45. The number of nitriles is 1. The van der Waals surface area contributed by atoms with E-state index >= 15 is 0 Å². The number of nitrogens with two attached hydrogens (primary N) is 1. The van der Waals surface area contributed by atoms with E-state index in [9.17, 15) is 24.3 Å². The van der Waals surface area contributed by atoms with Crippen LogP contribution in [0.1, 0.15) is 49.9 Å². The molecule has 170 valence electrons. The molecule has 3 rings (SSSR count). The highest BCUT2D eigenvalue weighted by Gasteiger charge is 2.42. The molecule has 4 N–H and O–H groups in total. The van der Waals surface area contributed by atoms with Crippen LogP contribution in [0, 0.1) is 17.3 Å². The van der Waals surface area contributed by atoms with Crippen molar-refractivity contribution in [3.63, 3.8) is 0 Å². The summed E-state index contributed by atoms with van der Waals surface area (Å²) in [7, 11) is 0. The second-order valence-corrected chi connectivity index (χ2v) is 8.17. The maximum absolute atomic E-state index is 13.4. The minimum Gasteiger partial charge on any atom is -0.380 e. The maximum atomic E-state index is 13.4. The molecule has 0 bridgehead atoms. The number of anilines is 2. The molecule has 1 saturated heterocycles. The first-order valence-corrected chi connectivity index (χ1v) is 10.3. The highest BCUT2D eigenvalue weighted by Crippen LogP contribution is 2.35. The number of hydrogen-bond donors (Lipinski definition) is 3. The van der Waals surface area contributed by atoms with Crippen LogP contribution in [0.3, 0.4) is 0 Å². The Bertz CT molecular complexity index is 1050.